The number of thiazole rings is 1. The molecule has 1 aromatic carbocycles. The first kappa shape index (κ1) is 18.8. The summed E-state index contributed by atoms with van der Waals surface area (Å²) in [5.41, 5.74) is 5.85. The Hall–Kier alpha value is -2.97. The molecule has 0 amide bonds. The molecular formula is C23H23N5O2S. The van der Waals surface area contributed by atoms with Gasteiger partial charge in [0.15, 0.2) is 4.96 Å². The molecule has 7 nitrogen and oxygen atoms in total. The second-order valence-electron chi connectivity index (χ2n) is 8.44. The van der Waals surface area contributed by atoms with Crippen molar-refractivity contribution in [3.63, 3.8) is 0 Å². The van der Waals surface area contributed by atoms with Gasteiger partial charge < -0.3 is 9.47 Å². The van der Waals surface area contributed by atoms with Crippen LogP contribution in [0.4, 0.5) is 5.69 Å². The van der Waals surface area contributed by atoms with Crippen LogP contribution in [0, 0.1) is 10.1 Å². The summed E-state index contributed by atoms with van der Waals surface area (Å²) in [6, 6.07) is 6.63. The van der Waals surface area contributed by atoms with Gasteiger partial charge in [0.1, 0.15) is 0 Å². The van der Waals surface area contributed by atoms with E-state index in [1.165, 1.54) is 59.8 Å². The number of nitrogens with zero attached hydrogens (tertiary/aromatic N) is 5. The number of aromatic nitrogens is 3. The molecule has 4 heterocycles. The maximum atomic E-state index is 10.9. The molecular weight excluding hydrogens is 410 g/mol. The zero-order valence-corrected chi connectivity index (χ0v) is 18.0. The molecule has 0 bridgehead atoms. The van der Waals surface area contributed by atoms with Crippen LogP contribution in [-0.2, 0) is 19.4 Å². The Morgan fingerprint density at radius 2 is 1.84 bits per heavy atom. The largest absolute Gasteiger partial charge is 0.352 e. The number of fused-ring (bicyclic) bond motifs is 5. The Balaban J connectivity index is 1.33. The van der Waals surface area contributed by atoms with Crippen LogP contribution in [-0.4, -0.2) is 43.4 Å². The quantitative estimate of drug-likeness (QED) is 0.340. The zero-order chi connectivity index (χ0) is 20.9. The van der Waals surface area contributed by atoms with Crippen LogP contribution in [0.25, 0.3) is 27.5 Å². The van der Waals surface area contributed by atoms with E-state index in [4.69, 9.17) is 4.98 Å². The van der Waals surface area contributed by atoms with Gasteiger partial charge in [-0.2, -0.15) is 0 Å². The van der Waals surface area contributed by atoms with Crippen LogP contribution in [0.2, 0.25) is 0 Å². The van der Waals surface area contributed by atoms with Crippen molar-refractivity contribution in [2.75, 3.05) is 19.6 Å². The minimum Gasteiger partial charge on any atom is -0.352 e. The smallest absolute Gasteiger partial charge is 0.269 e. The molecule has 1 aliphatic carbocycles. The van der Waals surface area contributed by atoms with Gasteiger partial charge in [-0.1, -0.05) is 0 Å². The number of benzene rings is 1. The van der Waals surface area contributed by atoms with Gasteiger partial charge in [0.2, 0.25) is 0 Å². The van der Waals surface area contributed by atoms with Gasteiger partial charge >= 0.3 is 0 Å². The molecule has 0 N–H and O–H groups in total. The van der Waals surface area contributed by atoms with Crippen molar-refractivity contribution in [2.24, 2.45) is 0 Å². The van der Waals surface area contributed by atoms with Crippen LogP contribution in [0.1, 0.15) is 23.3 Å². The molecule has 0 unspecified atom stereocenters. The molecule has 6 rings (SSSR count). The van der Waals surface area contributed by atoms with E-state index in [0.717, 1.165) is 42.1 Å². The number of non-ortho nitro benzene ring substituents is 1. The van der Waals surface area contributed by atoms with Crippen LogP contribution in [0.15, 0.2) is 42.9 Å². The number of nitro benzene ring substituents is 1. The highest BCUT2D eigenvalue weighted by Gasteiger charge is 2.25. The van der Waals surface area contributed by atoms with Gasteiger partial charge in [-0.25, -0.2) is 4.98 Å². The fourth-order valence-electron chi connectivity index (χ4n) is 4.84. The van der Waals surface area contributed by atoms with E-state index < -0.39 is 0 Å². The first-order chi connectivity index (χ1) is 15.2. The number of hydrogen-bond donors (Lipinski definition) is 0. The van der Waals surface area contributed by atoms with E-state index >= 15 is 0 Å². The first-order valence-electron chi connectivity index (χ1n) is 10.8. The van der Waals surface area contributed by atoms with Crippen LogP contribution in [0.5, 0.6) is 0 Å². The van der Waals surface area contributed by atoms with Crippen molar-refractivity contribution in [1.82, 2.24) is 18.9 Å². The Bertz CT molecular complexity index is 1280. The summed E-state index contributed by atoms with van der Waals surface area (Å²) in [7, 11) is 0. The topological polar surface area (TPSA) is 68.6 Å². The summed E-state index contributed by atoms with van der Waals surface area (Å²) in [6.45, 7) is 4.62. The van der Waals surface area contributed by atoms with Gasteiger partial charge in [0, 0.05) is 59.8 Å². The van der Waals surface area contributed by atoms with E-state index in [9.17, 15) is 10.1 Å². The van der Waals surface area contributed by atoms with Gasteiger partial charge in [-0.3, -0.25) is 14.5 Å². The van der Waals surface area contributed by atoms with E-state index in [1.54, 1.807) is 23.5 Å². The second-order valence-corrected chi connectivity index (χ2v) is 9.50. The lowest BCUT2D eigenvalue weighted by Gasteiger charge is -2.14. The fourth-order valence-corrected chi connectivity index (χ4v) is 5.96. The number of likely N-dealkylation sites (tertiary alicyclic amines) is 1. The second kappa shape index (κ2) is 7.32. The molecule has 0 atom stereocenters. The molecule has 1 fully saturated rings. The molecule has 0 radical (unpaired) electrons. The Labute approximate surface area is 183 Å². The Kier molecular flexibility index (Phi) is 4.43. The number of aryl methyl sites for hydroxylation is 2. The van der Waals surface area contributed by atoms with Gasteiger partial charge in [-0.05, 0) is 56.5 Å². The number of hydrogen-bond acceptors (Lipinski definition) is 5. The molecule has 8 heteroatoms. The average molecular weight is 434 g/mol. The summed E-state index contributed by atoms with van der Waals surface area (Å²) >= 11 is 1.76. The molecule has 4 aromatic rings. The number of rotatable bonds is 5. The standard InChI is InChI=1S/C23H23N5O2S/c29-28(30)18-6-3-16(4-7-18)20-15-27-22-19-14-26(12-11-25-9-1-2-10-25)13-17(19)5-8-21(22)31-23(27)24-20/h3-4,6-7,13-15H,1-2,5,8-12H2. The fraction of sp³-hybridized carbons (Fsp3) is 0.348. The van der Waals surface area contributed by atoms with Crippen molar-refractivity contribution in [3.8, 4) is 22.5 Å². The summed E-state index contributed by atoms with van der Waals surface area (Å²) in [5, 5.41) is 10.9. The maximum absolute atomic E-state index is 10.9. The van der Waals surface area contributed by atoms with Crippen LogP contribution in [0.3, 0.4) is 0 Å². The lowest BCUT2D eigenvalue weighted by Crippen LogP contribution is -2.23. The van der Waals surface area contributed by atoms with E-state index in [2.05, 4.69) is 32.5 Å². The third kappa shape index (κ3) is 3.26. The third-order valence-electron chi connectivity index (χ3n) is 6.48. The van der Waals surface area contributed by atoms with Crippen molar-refractivity contribution >= 4 is 22.0 Å². The van der Waals surface area contributed by atoms with Gasteiger partial charge in [-0.15, -0.1) is 11.3 Å². The highest BCUT2D eigenvalue weighted by molar-refractivity contribution is 7.17. The summed E-state index contributed by atoms with van der Waals surface area (Å²) in [5.74, 6) is 0. The molecule has 3 aromatic heterocycles. The number of nitro groups is 1. The SMILES string of the molecule is O=[N+]([O-])c1ccc(-c2cn3c4c(sc3n2)CCc2cn(CCN3CCCC3)cc2-4)cc1. The monoisotopic (exact) mass is 433 g/mol. The molecule has 158 valence electrons. The third-order valence-corrected chi connectivity index (χ3v) is 7.59. The van der Waals surface area contributed by atoms with E-state index in [0.29, 0.717) is 0 Å². The zero-order valence-electron chi connectivity index (χ0n) is 17.2. The predicted molar refractivity (Wildman–Crippen MR) is 122 cm³/mol. The molecule has 1 aliphatic heterocycles. The van der Waals surface area contributed by atoms with Crippen LogP contribution >= 0.6 is 11.3 Å². The van der Waals surface area contributed by atoms with E-state index in [-0.39, 0.29) is 10.6 Å². The van der Waals surface area contributed by atoms with Crippen molar-refractivity contribution in [2.45, 2.75) is 32.2 Å². The van der Waals surface area contributed by atoms with Crippen molar-refractivity contribution in [1.29, 1.82) is 0 Å². The minimum atomic E-state index is -0.373. The minimum absolute atomic E-state index is 0.0991. The molecule has 1 saturated heterocycles. The molecule has 0 saturated carbocycles. The van der Waals surface area contributed by atoms with Gasteiger partial charge in [0.05, 0.1) is 16.3 Å². The normalized spacial score (nSPS) is 16.0. The average Bonchev–Trinajstić information content (AvgIpc) is 3.54. The number of imidazole rings is 1. The lowest BCUT2D eigenvalue weighted by molar-refractivity contribution is -0.384. The summed E-state index contributed by atoms with van der Waals surface area (Å²) < 4.78 is 4.56. The maximum Gasteiger partial charge on any atom is 0.269 e. The summed E-state index contributed by atoms with van der Waals surface area (Å²) in [4.78, 5) is 20.3. The first-order valence-corrected chi connectivity index (χ1v) is 11.6. The molecule has 0 spiro atoms. The summed E-state index contributed by atoms with van der Waals surface area (Å²) in [6.07, 6.45) is 11.5. The predicted octanol–water partition coefficient (Wildman–Crippen LogP) is 4.63. The van der Waals surface area contributed by atoms with E-state index in [1.807, 2.05) is 0 Å². The Morgan fingerprint density at radius 1 is 1.03 bits per heavy atom. The van der Waals surface area contributed by atoms with Gasteiger partial charge in [0.25, 0.3) is 5.69 Å². The lowest BCUT2D eigenvalue weighted by atomic mass is 9.98. The molecule has 2 aliphatic rings. The van der Waals surface area contributed by atoms with Crippen molar-refractivity contribution < 1.29 is 4.92 Å². The highest BCUT2D eigenvalue weighted by Crippen LogP contribution is 2.40. The highest BCUT2D eigenvalue weighted by atomic mass is 32.1. The van der Waals surface area contributed by atoms with Crippen molar-refractivity contribution in [3.05, 3.63) is 63.4 Å². The Morgan fingerprint density at radius 3 is 2.61 bits per heavy atom. The van der Waals surface area contributed by atoms with Crippen LogP contribution < -0.4 is 0 Å². The molecule has 31 heavy (non-hydrogen) atoms.